The highest BCUT2D eigenvalue weighted by Gasteiger charge is 2.55. The second-order valence-electron chi connectivity index (χ2n) is 10.7. The lowest BCUT2D eigenvalue weighted by molar-refractivity contribution is -0.163. The van der Waals surface area contributed by atoms with E-state index < -0.39 is 34.1 Å². The molecule has 0 radical (unpaired) electrons. The largest absolute Gasteiger partial charge is 0.468 e. The highest BCUT2D eigenvalue weighted by Crippen LogP contribution is 2.45. The number of hydrogen-bond acceptors (Lipinski definition) is 4. The predicted octanol–water partition coefficient (Wildman–Crippen LogP) is 6.17. The zero-order valence-corrected chi connectivity index (χ0v) is 22.1. The number of carbonyl (C=O) groups excluding carboxylic acids is 3. The number of rotatable bonds is 10. The summed E-state index contributed by atoms with van der Waals surface area (Å²) in [6.45, 7) is 15.0. The Bertz CT molecular complexity index is 1010. The molecule has 0 spiro atoms. The molecule has 2 aromatic carbocycles. The van der Waals surface area contributed by atoms with Crippen molar-refractivity contribution in [1.82, 2.24) is 0 Å². The molecule has 0 saturated carbocycles. The van der Waals surface area contributed by atoms with Gasteiger partial charge in [0.15, 0.2) is 5.78 Å². The van der Waals surface area contributed by atoms with Gasteiger partial charge in [0.2, 0.25) is 0 Å². The van der Waals surface area contributed by atoms with Gasteiger partial charge in [-0.15, -0.1) is 0 Å². The Morgan fingerprint density at radius 3 is 1.53 bits per heavy atom. The van der Waals surface area contributed by atoms with Gasteiger partial charge in [0.05, 0.1) is 12.5 Å². The molecule has 34 heavy (non-hydrogen) atoms. The molecule has 0 aliphatic heterocycles. The molecule has 4 nitrogen and oxygen atoms in total. The first-order chi connectivity index (χ1) is 15.8. The summed E-state index contributed by atoms with van der Waals surface area (Å²) >= 11 is 0. The maximum absolute atomic E-state index is 14.4. The summed E-state index contributed by atoms with van der Waals surface area (Å²) < 4.78 is 5.04. The third-order valence-electron chi connectivity index (χ3n) is 8.41. The third kappa shape index (κ3) is 4.60. The van der Waals surface area contributed by atoms with Crippen LogP contribution in [-0.2, 0) is 30.0 Å². The van der Waals surface area contributed by atoms with E-state index in [0.717, 1.165) is 11.1 Å². The summed E-state index contributed by atoms with van der Waals surface area (Å²) in [5.41, 5.74) is -1.11. The Labute approximate surface area is 205 Å². The van der Waals surface area contributed by atoms with E-state index in [4.69, 9.17) is 4.74 Å². The Kier molecular flexibility index (Phi) is 8.29. The normalized spacial score (nSPS) is 17.2. The van der Waals surface area contributed by atoms with Crippen LogP contribution >= 0.6 is 0 Å². The van der Waals surface area contributed by atoms with Crippen LogP contribution in [-0.4, -0.2) is 24.6 Å². The Balaban J connectivity index is 2.65. The SMILES string of the molecule is COC(=O)C(C)(C(=O)C(C)C(C)(C(=O)C(C)C(C)(C)c1ccccc1)c1ccccc1)C(C)C. The van der Waals surface area contributed by atoms with Crippen molar-refractivity contribution >= 4 is 17.5 Å². The number of esters is 1. The van der Waals surface area contributed by atoms with Crippen LogP contribution in [0, 0.1) is 23.2 Å². The maximum Gasteiger partial charge on any atom is 0.319 e. The Morgan fingerprint density at radius 2 is 1.12 bits per heavy atom. The average Bonchev–Trinajstić information content (AvgIpc) is 2.86. The number of ketones is 2. The van der Waals surface area contributed by atoms with Gasteiger partial charge >= 0.3 is 5.97 Å². The molecule has 0 aliphatic carbocycles. The minimum Gasteiger partial charge on any atom is -0.468 e. The van der Waals surface area contributed by atoms with Gasteiger partial charge in [-0.3, -0.25) is 14.4 Å². The van der Waals surface area contributed by atoms with E-state index in [2.05, 4.69) is 13.8 Å². The van der Waals surface area contributed by atoms with Gasteiger partial charge < -0.3 is 4.74 Å². The highest BCUT2D eigenvalue weighted by molar-refractivity contribution is 6.08. The summed E-state index contributed by atoms with van der Waals surface area (Å²) in [5.74, 6) is -2.30. The molecule has 0 bridgehead atoms. The van der Waals surface area contributed by atoms with E-state index >= 15 is 0 Å². The fourth-order valence-electron chi connectivity index (χ4n) is 4.83. The molecule has 0 N–H and O–H groups in total. The highest BCUT2D eigenvalue weighted by atomic mass is 16.5. The molecule has 0 amide bonds. The van der Waals surface area contributed by atoms with Crippen LogP contribution < -0.4 is 0 Å². The molecule has 184 valence electrons. The number of benzene rings is 2. The van der Waals surface area contributed by atoms with Crippen molar-refractivity contribution in [2.45, 2.75) is 66.2 Å². The zero-order valence-electron chi connectivity index (χ0n) is 22.1. The quantitative estimate of drug-likeness (QED) is 0.312. The van der Waals surface area contributed by atoms with E-state index in [1.165, 1.54) is 7.11 Å². The van der Waals surface area contributed by atoms with Crippen LogP contribution in [0.3, 0.4) is 0 Å². The number of hydrogen-bond donors (Lipinski definition) is 0. The first-order valence-corrected chi connectivity index (χ1v) is 12.0. The van der Waals surface area contributed by atoms with Crippen molar-refractivity contribution in [1.29, 1.82) is 0 Å². The molecule has 0 aromatic heterocycles. The van der Waals surface area contributed by atoms with Gasteiger partial charge in [0.1, 0.15) is 11.2 Å². The van der Waals surface area contributed by atoms with E-state index in [1.807, 2.05) is 88.4 Å². The number of ether oxygens (including phenoxy) is 1. The molecule has 0 heterocycles. The number of Topliss-reactive ketones (excluding diaryl/α,β-unsaturated/α-hetero) is 2. The molecule has 4 atom stereocenters. The van der Waals surface area contributed by atoms with E-state index in [0.29, 0.717) is 0 Å². The smallest absolute Gasteiger partial charge is 0.319 e. The van der Waals surface area contributed by atoms with Crippen molar-refractivity contribution < 1.29 is 19.1 Å². The van der Waals surface area contributed by atoms with Gasteiger partial charge in [-0.25, -0.2) is 0 Å². The molecular weight excluding hydrogens is 424 g/mol. The fourth-order valence-corrected chi connectivity index (χ4v) is 4.83. The lowest BCUT2D eigenvalue weighted by Crippen LogP contribution is -2.54. The number of carbonyl (C=O) groups is 3. The third-order valence-corrected chi connectivity index (χ3v) is 8.41. The summed E-state index contributed by atoms with van der Waals surface area (Å²) in [7, 11) is 1.30. The van der Waals surface area contributed by atoms with Crippen LogP contribution in [0.2, 0.25) is 0 Å². The second kappa shape index (κ2) is 10.2. The topological polar surface area (TPSA) is 60.4 Å². The van der Waals surface area contributed by atoms with Crippen LogP contribution in [0.1, 0.15) is 66.5 Å². The molecule has 4 unspecified atom stereocenters. The minimum atomic E-state index is -1.36. The van der Waals surface area contributed by atoms with Crippen molar-refractivity contribution in [3.63, 3.8) is 0 Å². The molecular formula is C30H40O4. The van der Waals surface area contributed by atoms with Crippen molar-refractivity contribution in [2.24, 2.45) is 23.2 Å². The van der Waals surface area contributed by atoms with Gasteiger partial charge in [-0.1, -0.05) is 102 Å². The minimum absolute atomic E-state index is 0.0237. The molecule has 4 heteroatoms. The monoisotopic (exact) mass is 464 g/mol. The maximum atomic E-state index is 14.4. The predicted molar refractivity (Wildman–Crippen MR) is 137 cm³/mol. The van der Waals surface area contributed by atoms with Gasteiger partial charge in [-0.2, -0.15) is 0 Å². The molecule has 2 aromatic rings. The van der Waals surface area contributed by atoms with Crippen LogP contribution in [0.4, 0.5) is 0 Å². The van der Waals surface area contributed by atoms with Crippen LogP contribution in [0.25, 0.3) is 0 Å². The van der Waals surface area contributed by atoms with E-state index in [-0.39, 0.29) is 17.5 Å². The molecule has 0 saturated heterocycles. The van der Waals surface area contributed by atoms with Crippen molar-refractivity contribution in [3.8, 4) is 0 Å². The number of methoxy groups -OCH3 is 1. The summed E-state index contributed by atoms with van der Waals surface area (Å²) in [4.78, 5) is 41.2. The van der Waals surface area contributed by atoms with Gasteiger partial charge in [0, 0.05) is 11.8 Å². The lowest BCUT2D eigenvalue weighted by atomic mass is 9.57. The van der Waals surface area contributed by atoms with Crippen molar-refractivity contribution in [3.05, 3.63) is 71.8 Å². The zero-order chi connectivity index (χ0) is 25.9. The standard InChI is InChI=1S/C30H40O4/c1-20(2)29(7,27(33)34-9)26(32)22(4)30(8,24-18-14-11-15-19-24)25(31)21(3)28(5,6)23-16-12-10-13-17-23/h10-22H,1-9H3. The molecule has 0 aliphatic rings. The molecule has 2 rings (SSSR count). The van der Waals surface area contributed by atoms with Crippen LogP contribution in [0.15, 0.2) is 60.7 Å². The second-order valence-corrected chi connectivity index (χ2v) is 10.7. The Hall–Kier alpha value is -2.75. The van der Waals surface area contributed by atoms with Gasteiger partial charge in [0.25, 0.3) is 0 Å². The van der Waals surface area contributed by atoms with Crippen LogP contribution in [0.5, 0.6) is 0 Å². The first kappa shape index (κ1) is 27.5. The fraction of sp³-hybridized carbons (Fsp3) is 0.500. The summed E-state index contributed by atoms with van der Waals surface area (Å²) in [6.07, 6.45) is 0. The van der Waals surface area contributed by atoms with Crippen molar-refractivity contribution in [2.75, 3.05) is 7.11 Å². The van der Waals surface area contributed by atoms with E-state index in [1.54, 1.807) is 13.8 Å². The first-order valence-electron chi connectivity index (χ1n) is 12.0. The Morgan fingerprint density at radius 1 is 0.676 bits per heavy atom. The molecule has 0 fully saturated rings. The van der Waals surface area contributed by atoms with E-state index in [9.17, 15) is 14.4 Å². The average molecular weight is 465 g/mol. The summed E-state index contributed by atoms with van der Waals surface area (Å²) in [6, 6.07) is 19.4. The summed E-state index contributed by atoms with van der Waals surface area (Å²) in [5, 5.41) is 0. The van der Waals surface area contributed by atoms with Gasteiger partial charge in [-0.05, 0) is 36.3 Å². The lowest BCUT2D eigenvalue weighted by Gasteiger charge is -2.43.